The second-order valence-electron chi connectivity index (χ2n) is 15.1. The number of hydrazine groups is 1. The maximum absolute atomic E-state index is 12.8. The summed E-state index contributed by atoms with van der Waals surface area (Å²) in [5.41, 5.74) is 14.2. The normalized spacial score (nSPS) is 12.7. The van der Waals surface area contributed by atoms with E-state index in [0.717, 1.165) is 101 Å². The van der Waals surface area contributed by atoms with E-state index in [4.69, 9.17) is 15.0 Å². The zero-order valence-corrected chi connectivity index (χ0v) is 34.2. The molecule has 1 heterocycles. The fourth-order valence-corrected chi connectivity index (χ4v) is 7.83. The Morgan fingerprint density at radius 3 is 2.10 bits per heavy atom. The van der Waals surface area contributed by atoms with Gasteiger partial charge in [0.15, 0.2) is 0 Å². The smallest absolute Gasteiger partial charge is 0.343 e. The van der Waals surface area contributed by atoms with Gasteiger partial charge in [-0.3, -0.25) is 10.4 Å². The largest absolute Gasteiger partial charge is 0.423 e. The van der Waals surface area contributed by atoms with Crippen LogP contribution in [0.4, 0.5) is 39.8 Å². The van der Waals surface area contributed by atoms with E-state index in [-0.39, 0.29) is 0 Å². The molecule has 1 aliphatic heterocycles. The van der Waals surface area contributed by atoms with Gasteiger partial charge in [0.05, 0.1) is 39.7 Å². The van der Waals surface area contributed by atoms with Crippen LogP contribution in [0.25, 0.3) is 21.5 Å². The van der Waals surface area contributed by atoms with Crippen LogP contribution in [0.1, 0.15) is 60.2 Å². The quantitative estimate of drug-likeness (QED) is 0.0544. The summed E-state index contributed by atoms with van der Waals surface area (Å²) in [6, 6.07) is 43.7. The van der Waals surface area contributed by atoms with Crippen LogP contribution in [0.3, 0.4) is 0 Å². The zero-order chi connectivity index (χ0) is 40.7. The molecule has 1 aliphatic rings. The Morgan fingerprint density at radius 1 is 0.712 bits per heavy atom. The molecule has 0 saturated heterocycles. The number of ether oxygens (including phenoxy) is 1. The Balaban J connectivity index is 0.979. The van der Waals surface area contributed by atoms with E-state index in [1.165, 1.54) is 16.8 Å². The Bertz CT molecular complexity index is 2670. The Hall–Kier alpha value is -6.87. The first-order chi connectivity index (χ1) is 28.9. The van der Waals surface area contributed by atoms with Crippen molar-refractivity contribution in [1.29, 1.82) is 0 Å². The van der Waals surface area contributed by atoms with Gasteiger partial charge in [-0.15, -0.1) is 10.2 Å². The third kappa shape index (κ3) is 8.70. The fraction of sp³-hybridized carbons (Fsp3) is 0.220. The van der Waals surface area contributed by atoms with Gasteiger partial charge in [0.2, 0.25) is 0 Å². The lowest BCUT2D eigenvalue weighted by molar-refractivity contribution is 0.0734. The summed E-state index contributed by atoms with van der Waals surface area (Å²) in [6.07, 6.45) is 5.44. The van der Waals surface area contributed by atoms with Crippen LogP contribution in [-0.2, 0) is 12.8 Å². The number of benzene rings is 7. The van der Waals surface area contributed by atoms with Crippen LogP contribution in [0.15, 0.2) is 154 Å². The Kier molecular flexibility index (Phi) is 11.7. The monoisotopic (exact) mass is 779 g/mol. The SMILES string of the molecule is CCCc1ccc(OC(=O)c2ccc(N=Nc3ccc(NN(C)c4ccc(N=Nc5cc6c(cc5C)N(CCC)CCC6)c5ccccc45)c4ccccc34)cc2)cc1. The van der Waals surface area contributed by atoms with Crippen molar-refractivity contribution in [2.24, 2.45) is 20.5 Å². The number of azo groups is 2. The Labute approximate surface area is 346 Å². The van der Waals surface area contributed by atoms with Crippen LogP contribution in [0.5, 0.6) is 5.75 Å². The predicted octanol–water partition coefficient (Wildman–Crippen LogP) is 13.9. The van der Waals surface area contributed by atoms with E-state index in [2.05, 4.69) is 83.8 Å². The maximum Gasteiger partial charge on any atom is 0.343 e. The number of anilines is 3. The van der Waals surface area contributed by atoms with E-state index in [9.17, 15) is 4.79 Å². The van der Waals surface area contributed by atoms with E-state index in [1.807, 2.05) is 78.8 Å². The molecule has 0 atom stereocenters. The van der Waals surface area contributed by atoms with E-state index >= 15 is 0 Å². The van der Waals surface area contributed by atoms with E-state index in [0.29, 0.717) is 17.0 Å². The Morgan fingerprint density at radius 2 is 1.37 bits per heavy atom. The van der Waals surface area contributed by atoms with E-state index < -0.39 is 5.97 Å². The number of esters is 1. The molecule has 0 bridgehead atoms. The van der Waals surface area contributed by atoms with Gasteiger partial charge in [0.25, 0.3) is 0 Å². The molecule has 59 heavy (non-hydrogen) atoms. The number of nitrogens with one attached hydrogen (secondary N) is 1. The molecule has 0 amide bonds. The number of carbonyl (C=O) groups is 1. The summed E-state index contributed by atoms with van der Waals surface area (Å²) in [4.78, 5) is 15.3. The minimum absolute atomic E-state index is 0.417. The molecule has 296 valence electrons. The summed E-state index contributed by atoms with van der Waals surface area (Å²) in [6.45, 7) is 8.70. The number of carbonyl (C=O) groups excluding carboxylic acids is 1. The molecule has 0 aliphatic carbocycles. The summed E-state index contributed by atoms with van der Waals surface area (Å²) >= 11 is 0. The van der Waals surface area contributed by atoms with Crippen LogP contribution in [-0.4, -0.2) is 26.1 Å². The summed E-state index contributed by atoms with van der Waals surface area (Å²) in [7, 11) is 2.02. The zero-order valence-electron chi connectivity index (χ0n) is 34.2. The van der Waals surface area contributed by atoms with Crippen molar-refractivity contribution in [3.63, 3.8) is 0 Å². The topological polar surface area (TPSA) is 94.2 Å². The molecule has 0 fully saturated rings. The predicted molar refractivity (Wildman–Crippen MR) is 242 cm³/mol. The molecule has 0 spiro atoms. The maximum atomic E-state index is 12.8. The van der Waals surface area contributed by atoms with Crippen molar-refractivity contribution in [2.75, 3.05) is 35.5 Å². The molecule has 0 radical (unpaired) electrons. The van der Waals surface area contributed by atoms with Crippen molar-refractivity contribution in [1.82, 2.24) is 0 Å². The summed E-state index contributed by atoms with van der Waals surface area (Å²) in [5.74, 6) is 0.106. The first-order valence-electron chi connectivity index (χ1n) is 20.6. The highest BCUT2D eigenvalue weighted by Gasteiger charge is 2.18. The van der Waals surface area contributed by atoms with Crippen molar-refractivity contribution in [3.8, 4) is 5.75 Å². The lowest BCUT2D eigenvalue weighted by Gasteiger charge is -2.31. The number of hydrogen-bond acceptors (Lipinski definition) is 9. The first-order valence-corrected chi connectivity index (χ1v) is 20.6. The lowest BCUT2D eigenvalue weighted by atomic mass is 9.98. The molecular weight excluding hydrogens is 731 g/mol. The van der Waals surface area contributed by atoms with Crippen molar-refractivity contribution in [2.45, 2.75) is 52.9 Å². The average Bonchev–Trinajstić information content (AvgIpc) is 3.26. The molecule has 7 aromatic carbocycles. The molecule has 0 unspecified atom stereocenters. The standard InChI is InChI=1S/C50H49N7O2/c1-5-12-35-18-24-39(25-19-35)59-50(58)36-20-22-38(23-21-36)51-52-44-26-27-46(41-15-8-7-14-40(41)44)55-56(4)48-29-28-45(42-16-9-10-17-43(42)48)53-54-47-33-37-13-11-31-57(30-6-2)49(37)32-34(47)3/h7-10,14-29,32-33,55H,5-6,11-13,30-31H2,1-4H3. The van der Waals surface area contributed by atoms with Crippen LogP contribution in [0, 0.1) is 6.92 Å². The van der Waals surface area contributed by atoms with Gasteiger partial charge in [-0.2, -0.15) is 10.2 Å². The highest BCUT2D eigenvalue weighted by atomic mass is 16.5. The lowest BCUT2D eigenvalue weighted by Crippen LogP contribution is -2.30. The van der Waals surface area contributed by atoms with Gasteiger partial charge >= 0.3 is 5.97 Å². The van der Waals surface area contributed by atoms with Crippen LogP contribution < -0.4 is 20.1 Å². The van der Waals surface area contributed by atoms with Crippen molar-refractivity contribution >= 4 is 67.3 Å². The van der Waals surface area contributed by atoms with Crippen molar-refractivity contribution < 1.29 is 9.53 Å². The minimum atomic E-state index is -0.417. The summed E-state index contributed by atoms with van der Waals surface area (Å²) in [5, 5.41) is 24.8. The molecule has 0 saturated carbocycles. The highest BCUT2D eigenvalue weighted by Crippen LogP contribution is 2.39. The van der Waals surface area contributed by atoms with E-state index in [1.54, 1.807) is 24.3 Å². The minimum Gasteiger partial charge on any atom is -0.423 e. The van der Waals surface area contributed by atoms with Crippen molar-refractivity contribution in [3.05, 3.63) is 156 Å². The number of rotatable bonds is 13. The summed E-state index contributed by atoms with van der Waals surface area (Å²) < 4.78 is 5.58. The van der Waals surface area contributed by atoms with Gasteiger partial charge in [0.1, 0.15) is 5.75 Å². The van der Waals surface area contributed by atoms with Gasteiger partial charge < -0.3 is 9.64 Å². The first kappa shape index (κ1) is 39.0. The second kappa shape index (κ2) is 17.7. The molecule has 1 N–H and O–H groups in total. The molecule has 0 aromatic heterocycles. The highest BCUT2D eigenvalue weighted by molar-refractivity contribution is 6.03. The molecular formula is C50H49N7O2. The van der Waals surface area contributed by atoms with Gasteiger partial charge in [-0.05, 0) is 122 Å². The number of hydrogen-bond donors (Lipinski definition) is 1. The van der Waals surface area contributed by atoms with Crippen LogP contribution in [0.2, 0.25) is 0 Å². The average molecular weight is 780 g/mol. The number of aryl methyl sites for hydroxylation is 3. The fourth-order valence-electron chi connectivity index (χ4n) is 7.83. The molecule has 8 rings (SSSR count). The van der Waals surface area contributed by atoms with Gasteiger partial charge in [0, 0.05) is 47.4 Å². The van der Waals surface area contributed by atoms with Gasteiger partial charge in [-0.25, -0.2) is 4.79 Å². The van der Waals surface area contributed by atoms with Crippen LogP contribution >= 0.6 is 0 Å². The number of fused-ring (bicyclic) bond motifs is 3. The molecule has 9 nitrogen and oxygen atoms in total. The second-order valence-corrected chi connectivity index (χ2v) is 15.1. The number of nitrogens with zero attached hydrogens (tertiary/aromatic N) is 6. The molecule has 9 heteroatoms. The third-order valence-corrected chi connectivity index (χ3v) is 10.8. The van der Waals surface area contributed by atoms with Gasteiger partial charge in [-0.1, -0.05) is 80.9 Å². The third-order valence-electron chi connectivity index (χ3n) is 10.8. The molecule has 7 aromatic rings.